The van der Waals surface area contributed by atoms with Crippen molar-refractivity contribution in [3.8, 4) is 11.3 Å². The predicted molar refractivity (Wildman–Crippen MR) is 131 cm³/mol. The summed E-state index contributed by atoms with van der Waals surface area (Å²) in [6.45, 7) is 0. The molecule has 1 fully saturated rings. The number of benzene rings is 2. The summed E-state index contributed by atoms with van der Waals surface area (Å²) in [6.07, 6.45) is 7.79. The Bertz CT molecular complexity index is 1330. The Morgan fingerprint density at radius 1 is 1.12 bits per heavy atom. The number of nitrogens with one attached hydrogen (secondary N) is 1. The maximum atomic E-state index is 12.7. The fourth-order valence-electron chi connectivity index (χ4n) is 4.76. The van der Waals surface area contributed by atoms with Gasteiger partial charge in [-0.05, 0) is 56.0 Å². The summed E-state index contributed by atoms with van der Waals surface area (Å²) in [6, 6.07) is 13.2. The topological polar surface area (TPSA) is 83.7 Å². The van der Waals surface area contributed by atoms with Crippen LogP contribution in [0.5, 0.6) is 0 Å². The molecule has 2 heterocycles. The number of carbonyl (C=O) groups excluding carboxylic acids is 2. The van der Waals surface area contributed by atoms with Crippen molar-refractivity contribution in [2.45, 2.75) is 50.5 Å². The number of imidazole rings is 1. The third-order valence-corrected chi connectivity index (χ3v) is 7.68. The Labute approximate surface area is 196 Å². The number of carbonyl (C=O) groups is 2. The Morgan fingerprint density at radius 2 is 1.85 bits per heavy atom. The minimum absolute atomic E-state index is 0.113. The second kappa shape index (κ2) is 8.72. The van der Waals surface area contributed by atoms with Gasteiger partial charge in [-0.15, -0.1) is 0 Å². The molecule has 1 aliphatic rings. The highest BCUT2D eigenvalue weighted by Crippen LogP contribution is 2.34. The number of nitrogens with zero attached hydrogens (tertiary/aromatic N) is 2. The van der Waals surface area contributed by atoms with Crippen molar-refractivity contribution in [1.29, 1.82) is 0 Å². The molecule has 2 N–H and O–H groups in total. The van der Waals surface area contributed by atoms with Crippen molar-refractivity contribution in [2.24, 2.45) is 0 Å². The van der Waals surface area contributed by atoms with Gasteiger partial charge in [0.2, 0.25) is 0 Å². The molecule has 2 aromatic heterocycles. The smallest absolute Gasteiger partial charge is 0.251 e. The van der Waals surface area contributed by atoms with Crippen LogP contribution >= 0.6 is 11.3 Å². The highest BCUT2D eigenvalue weighted by molar-refractivity contribution is 7.23. The lowest BCUT2D eigenvalue weighted by Crippen LogP contribution is -2.23. The van der Waals surface area contributed by atoms with Gasteiger partial charge < -0.3 is 10.4 Å². The standard InChI is InChI=1S/C26H27N3O3S/c1-27-24(31)18-8-6-17(7-9-18)20-16-29-21-11-10-19(15-23(21)33-25(29)28-20)22(30)5-4-14-26(32)12-2-3-13-26/h6-11,15-16,32H,2-5,12-14H2,1H3,(H,27,31). The number of fused-ring (bicyclic) bond motifs is 3. The van der Waals surface area contributed by atoms with Crippen LogP contribution in [0.1, 0.15) is 65.7 Å². The maximum Gasteiger partial charge on any atom is 0.251 e. The van der Waals surface area contributed by atoms with Crippen LogP contribution in [0.15, 0.2) is 48.7 Å². The zero-order valence-electron chi connectivity index (χ0n) is 18.6. The number of amides is 1. The number of thiazole rings is 1. The van der Waals surface area contributed by atoms with Crippen LogP contribution in [0.25, 0.3) is 26.4 Å². The summed E-state index contributed by atoms with van der Waals surface area (Å²) in [5.74, 6) is 0.0135. The molecule has 1 aliphatic carbocycles. The fourth-order valence-corrected chi connectivity index (χ4v) is 5.80. The molecule has 6 nitrogen and oxygen atoms in total. The summed E-state index contributed by atoms with van der Waals surface area (Å²) < 4.78 is 3.07. The van der Waals surface area contributed by atoms with Gasteiger partial charge in [0.05, 0.1) is 21.5 Å². The molecule has 4 aromatic rings. The molecule has 0 bridgehead atoms. The van der Waals surface area contributed by atoms with Gasteiger partial charge in [0.1, 0.15) is 0 Å². The molecule has 0 unspecified atom stereocenters. The number of Topliss-reactive ketones (excluding diaryl/α,β-unsaturated/α-hetero) is 1. The lowest BCUT2D eigenvalue weighted by Gasteiger charge is -2.21. The number of aromatic nitrogens is 2. The van der Waals surface area contributed by atoms with Crippen molar-refractivity contribution in [1.82, 2.24) is 14.7 Å². The van der Waals surface area contributed by atoms with E-state index in [4.69, 9.17) is 4.98 Å². The zero-order valence-corrected chi connectivity index (χ0v) is 19.5. The van der Waals surface area contributed by atoms with E-state index in [1.54, 1.807) is 30.5 Å². The van der Waals surface area contributed by atoms with E-state index in [9.17, 15) is 14.7 Å². The van der Waals surface area contributed by atoms with Gasteiger partial charge in [-0.1, -0.05) is 36.3 Å². The number of hydrogen-bond donors (Lipinski definition) is 2. The summed E-state index contributed by atoms with van der Waals surface area (Å²) >= 11 is 1.56. The monoisotopic (exact) mass is 461 g/mol. The Morgan fingerprint density at radius 3 is 2.58 bits per heavy atom. The molecule has 33 heavy (non-hydrogen) atoms. The molecule has 1 amide bonds. The SMILES string of the molecule is CNC(=O)c1ccc(-c2cn3c(n2)sc2cc(C(=O)CCCC4(O)CCCC4)ccc23)cc1. The highest BCUT2D eigenvalue weighted by Gasteiger charge is 2.30. The van der Waals surface area contributed by atoms with E-state index < -0.39 is 5.60 Å². The Kier molecular flexibility index (Phi) is 5.76. The maximum absolute atomic E-state index is 12.7. The number of rotatable bonds is 7. The lowest BCUT2D eigenvalue weighted by molar-refractivity contribution is 0.0363. The largest absolute Gasteiger partial charge is 0.390 e. The second-order valence-corrected chi connectivity index (χ2v) is 9.94. The molecule has 0 spiro atoms. The van der Waals surface area contributed by atoms with Crippen molar-refractivity contribution >= 4 is 38.2 Å². The van der Waals surface area contributed by atoms with Crippen LogP contribution in [-0.4, -0.2) is 38.8 Å². The van der Waals surface area contributed by atoms with E-state index in [-0.39, 0.29) is 11.7 Å². The van der Waals surface area contributed by atoms with Gasteiger partial charge in [0, 0.05) is 36.4 Å². The minimum atomic E-state index is -0.552. The van der Waals surface area contributed by atoms with Gasteiger partial charge in [0.25, 0.3) is 5.91 Å². The average Bonchev–Trinajstić information content (AvgIpc) is 3.53. The summed E-state index contributed by atoms with van der Waals surface area (Å²) in [5.41, 5.74) is 3.59. The Hall–Kier alpha value is -3.03. The summed E-state index contributed by atoms with van der Waals surface area (Å²) in [7, 11) is 1.62. The second-order valence-electron chi connectivity index (χ2n) is 8.93. The van der Waals surface area contributed by atoms with Crippen LogP contribution in [-0.2, 0) is 0 Å². The van der Waals surface area contributed by atoms with Crippen molar-refractivity contribution in [3.63, 3.8) is 0 Å². The minimum Gasteiger partial charge on any atom is -0.390 e. The molecule has 170 valence electrons. The lowest BCUT2D eigenvalue weighted by atomic mass is 9.93. The molecule has 5 rings (SSSR count). The van der Waals surface area contributed by atoms with Crippen molar-refractivity contribution in [2.75, 3.05) is 7.05 Å². The van der Waals surface area contributed by atoms with Crippen LogP contribution in [0.4, 0.5) is 0 Å². The molecule has 0 aliphatic heterocycles. The highest BCUT2D eigenvalue weighted by atomic mass is 32.1. The molecule has 0 saturated heterocycles. The van der Waals surface area contributed by atoms with Crippen LogP contribution in [0.2, 0.25) is 0 Å². The Balaban J connectivity index is 1.32. The van der Waals surface area contributed by atoms with Gasteiger partial charge >= 0.3 is 0 Å². The first kappa shape index (κ1) is 21.8. The zero-order chi connectivity index (χ0) is 23.0. The molecule has 0 atom stereocenters. The molecular weight excluding hydrogens is 434 g/mol. The first-order valence-electron chi connectivity index (χ1n) is 11.5. The number of hydrogen-bond acceptors (Lipinski definition) is 5. The van der Waals surface area contributed by atoms with E-state index in [1.165, 1.54) is 0 Å². The van der Waals surface area contributed by atoms with Gasteiger partial charge in [-0.2, -0.15) is 0 Å². The average molecular weight is 462 g/mol. The van der Waals surface area contributed by atoms with Crippen molar-refractivity contribution in [3.05, 3.63) is 59.8 Å². The van der Waals surface area contributed by atoms with E-state index in [0.717, 1.165) is 64.1 Å². The van der Waals surface area contributed by atoms with Gasteiger partial charge in [-0.25, -0.2) is 4.98 Å². The predicted octanol–water partition coefficient (Wildman–Crippen LogP) is 5.23. The van der Waals surface area contributed by atoms with Crippen LogP contribution in [0, 0.1) is 0 Å². The molecule has 0 radical (unpaired) electrons. The van der Waals surface area contributed by atoms with Crippen molar-refractivity contribution < 1.29 is 14.7 Å². The molecule has 2 aromatic carbocycles. The van der Waals surface area contributed by atoms with E-state index >= 15 is 0 Å². The molecule has 1 saturated carbocycles. The third-order valence-electron chi connectivity index (χ3n) is 6.67. The first-order valence-corrected chi connectivity index (χ1v) is 12.3. The van der Waals surface area contributed by atoms with E-state index in [1.807, 2.05) is 40.9 Å². The molecule has 7 heteroatoms. The van der Waals surface area contributed by atoms with E-state index in [0.29, 0.717) is 18.4 Å². The number of ketones is 1. The van der Waals surface area contributed by atoms with Gasteiger partial charge in [-0.3, -0.25) is 14.0 Å². The fraction of sp³-hybridized carbons (Fsp3) is 0.346. The van der Waals surface area contributed by atoms with Crippen LogP contribution in [0.3, 0.4) is 0 Å². The normalized spacial score (nSPS) is 15.3. The van der Waals surface area contributed by atoms with Crippen LogP contribution < -0.4 is 5.32 Å². The molecular formula is C26H27N3O3S. The quantitative estimate of drug-likeness (QED) is 0.369. The first-order chi connectivity index (χ1) is 16.0. The summed E-state index contributed by atoms with van der Waals surface area (Å²) in [4.78, 5) is 30.1. The summed E-state index contributed by atoms with van der Waals surface area (Å²) in [5, 5.41) is 13.1. The number of aliphatic hydroxyl groups is 1. The van der Waals surface area contributed by atoms with E-state index in [2.05, 4.69) is 5.32 Å². The third kappa shape index (κ3) is 4.30. The van der Waals surface area contributed by atoms with Gasteiger partial charge in [0.15, 0.2) is 10.7 Å².